The molecule has 0 aliphatic carbocycles. The fraction of sp³-hybridized carbons (Fsp3) is 0.700. The molecule has 1 aromatic heterocycles. The summed E-state index contributed by atoms with van der Waals surface area (Å²) in [5.74, 6) is -1.06. The first-order valence-corrected chi connectivity index (χ1v) is 13.9. The molecule has 0 amide bonds. The molecule has 1 aromatic rings. The van der Waals surface area contributed by atoms with Crippen molar-refractivity contribution in [2.24, 2.45) is 0 Å². The van der Waals surface area contributed by atoms with Gasteiger partial charge in [-0.15, -0.1) is 0 Å². The topological polar surface area (TPSA) is 117 Å². The normalized spacial score (nSPS) is 24.1. The first-order valence-electron chi connectivity index (χ1n) is 10.1. The molecule has 1 fully saturated rings. The Morgan fingerprint density at radius 1 is 1.26 bits per heavy atom. The number of nitrogens with one attached hydrogen (secondary N) is 1. The van der Waals surface area contributed by atoms with E-state index in [0.29, 0.717) is 12.0 Å². The number of carbonyl (C=O) groups excluding carboxylic acids is 2. The zero-order chi connectivity index (χ0) is 23.8. The highest BCUT2D eigenvalue weighted by molar-refractivity contribution is 8.00. The maximum Gasteiger partial charge on any atom is 0.329 e. The van der Waals surface area contributed by atoms with Crippen molar-refractivity contribution in [1.29, 1.82) is 0 Å². The molecular weight excluding hydrogens is 440 g/mol. The lowest BCUT2D eigenvalue weighted by molar-refractivity contribution is -0.166. The third-order valence-corrected chi connectivity index (χ3v) is 11.8. The maximum atomic E-state index is 12.5. The predicted octanol–water partition coefficient (Wildman–Crippen LogP) is 2.69. The van der Waals surface area contributed by atoms with Crippen LogP contribution in [0.2, 0.25) is 18.1 Å². The van der Waals surface area contributed by atoms with Crippen molar-refractivity contribution in [2.45, 2.75) is 82.5 Å². The minimum atomic E-state index is -2.32. The van der Waals surface area contributed by atoms with Crippen LogP contribution in [0.15, 0.2) is 15.8 Å². The molecule has 0 bridgehead atoms. The van der Waals surface area contributed by atoms with E-state index in [4.69, 9.17) is 13.9 Å². The molecule has 1 saturated heterocycles. The van der Waals surface area contributed by atoms with Crippen molar-refractivity contribution in [3.05, 3.63) is 32.6 Å². The van der Waals surface area contributed by atoms with E-state index in [1.165, 1.54) is 36.4 Å². The first kappa shape index (κ1) is 25.4. The Morgan fingerprint density at radius 2 is 1.87 bits per heavy atom. The number of ether oxygens (including phenoxy) is 2. The Bertz CT molecular complexity index is 966. The molecule has 1 aliphatic heterocycles. The third kappa shape index (κ3) is 5.69. The van der Waals surface area contributed by atoms with Crippen LogP contribution in [0.3, 0.4) is 0 Å². The second-order valence-corrected chi connectivity index (χ2v) is 15.6. The summed E-state index contributed by atoms with van der Waals surface area (Å²) in [6, 6.07) is 0. The maximum absolute atomic E-state index is 12.5. The van der Waals surface area contributed by atoms with E-state index >= 15 is 0 Å². The highest BCUT2D eigenvalue weighted by Gasteiger charge is 2.56. The predicted molar refractivity (Wildman–Crippen MR) is 121 cm³/mol. The van der Waals surface area contributed by atoms with E-state index in [1.54, 1.807) is 6.92 Å². The van der Waals surface area contributed by atoms with Crippen LogP contribution in [0.5, 0.6) is 0 Å². The monoisotopic (exact) mass is 472 g/mol. The quantitative estimate of drug-likeness (QED) is 0.496. The number of hydrogen-bond acceptors (Lipinski definition) is 8. The largest absolute Gasteiger partial charge is 0.461 e. The fourth-order valence-corrected chi connectivity index (χ4v) is 6.08. The van der Waals surface area contributed by atoms with Gasteiger partial charge in [0.2, 0.25) is 4.93 Å². The zero-order valence-corrected chi connectivity index (χ0v) is 21.2. The van der Waals surface area contributed by atoms with E-state index in [0.717, 1.165) is 0 Å². The number of carbonyl (C=O) groups is 2. The molecule has 0 unspecified atom stereocenters. The van der Waals surface area contributed by atoms with Crippen LogP contribution >= 0.6 is 11.8 Å². The molecule has 0 saturated carbocycles. The number of rotatable bonds is 6. The Kier molecular flexibility index (Phi) is 7.33. The molecule has 2 heterocycles. The van der Waals surface area contributed by atoms with Crippen LogP contribution in [0, 0.1) is 6.92 Å². The molecule has 11 heteroatoms. The van der Waals surface area contributed by atoms with E-state index in [-0.39, 0.29) is 11.6 Å². The molecule has 2 rings (SSSR count). The number of aryl methyl sites for hydroxylation is 1. The molecule has 0 spiro atoms. The molecule has 0 radical (unpaired) electrons. The van der Waals surface area contributed by atoms with Gasteiger partial charge < -0.3 is 13.9 Å². The second-order valence-electron chi connectivity index (χ2n) is 9.34. The van der Waals surface area contributed by atoms with Gasteiger partial charge in [-0.25, -0.2) is 4.79 Å². The van der Waals surface area contributed by atoms with Crippen LogP contribution < -0.4 is 11.2 Å². The Morgan fingerprint density at radius 3 is 2.39 bits per heavy atom. The number of thioether (sulfide) groups is 1. The molecule has 1 aliphatic rings. The van der Waals surface area contributed by atoms with Gasteiger partial charge in [-0.3, -0.25) is 23.9 Å². The van der Waals surface area contributed by atoms with Crippen LogP contribution in [-0.4, -0.2) is 47.5 Å². The number of H-pyrrole nitrogens is 1. The van der Waals surface area contributed by atoms with Crippen molar-refractivity contribution in [1.82, 2.24) is 9.55 Å². The number of aromatic amines is 1. The Balaban J connectivity index is 2.54. The number of aromatic nitrogens is 2. The highest BCUT2D eigenvalue weighted by atomic mass is 32.2. The number of nitrogens with zero attached hydrogens (tertiary/aromatic N) is 1. The van der Waals surface area contributed by atoms with E-state index in [1.807, 2.05) is 0 Å². The first-order chi connectivity index (χ1) is 14.1. The second kappa shape index (κ2) is 8.95. The lowest BCUT2D eigenvalue weighted by Gasteiger charge is -2.42. The van der Waals surface area contributed by atoms with Gasteiger partial charge in [0, 0.05) is 32.0 Å². The van der Waals surface area contributed by atoms with Crippen LogP contribution in [0.4, 0.5) is 0 Å². The summed E-state index contributed by atoms with van der Waals surface area (Å²) < 4.78 is 19.0. The van der Waals surface area contributed by atoms with Gasteiger partial charge in [0.15, 0.2) is 8.32 Å². The smallest absolute Gasteiger partial charge is 0.329 e. The molecule has 0 aromatic carbocycles. The van der Waals surface area contributed by atoms with Crippen molar-refractivity contribution in [2.75, 3.05) is 6.61 Å². The van der Waals surface area contributed by atoms with Crippen LogP contribution in [0.1, 0.15) is 52.0 Å². The summed E-state index contributed by atoms with van der Waals surface area (Å²) in [5, 5.41) is -0.613. The van der Waals surface area contributed by atoms with E-state index in [9.17, 15) is 19.2 Å². The van der Waals surface area contributed by atoms with Gasteiger partial charge in [-0.2, -0.15) is 0 Å². The number of hydrogen-bond donors (Lipinski definition) is 1. The molecule has 1 N–H and O–H groups in total. The van der Waals surface area contributed by atoms with Crippen LogP contribution in [0.25, 0.3) is 0 Å². The summed E-state index contributed by atoms with van der Waals surface area (Å²) in [5.41, 5.74) is -0.637. The molecule has 31 heavy (non-hydrogen) atoms. The van der Waals surface area contributed by atoms with E-state index < -0.39 is 47.9 Å². The summed E-state index contributed by atoms with van der Waals surface area (Å²) in [6.07, 6.45) is 1.19. The average molecular weight is 473 g/mol. The summed E-state index contributed by atoms with van der Waals surface area (Å²) >= 11 is 1.19. The van der Waals surface area contributed by atoms with Gasteiger partial charge in [0.1, 0.15) is 12.7 Å². The fourth-order valence-electron chi connectivity index (χ4n) is 3.05. The summed E-state index contributed by atoms with van der Waals surface area (Å²) in [4.78, 5) is 48.9. The molecule has 174 valence electrons. The summed E-state index contributed by atoms with van der Waals surface area (Å²) in [6.45, 7) is 14.4. The van der Waals surface area contributed by atoms with Gasteiger partial charge in [-0.05, 0) is 25.1 Å². The van der Waals surface area contributed by atoms with E-state index in [2.05, 4.69) is 38.8 Å². The minimum Gasteiger partial charge on any atom is -0.461 e. The van der Waals surface area contributed by atoms with Gasteiger partial charge in [0.05, 0.1) is 5.37 Å². The highest BCUT2D eigenvalue weighted by Crippen LogP contribution is 2.53. The van der Waals surface area contributed by atoms with Crippen LogP contribution in [-0.2, 0) is 23.5 Å². The van der Waals surface area contributed by atoms with Crippen molar-refractivity contribution in [3.63, 3.8) is 0 Å². The van der Waals surface area contributed by atoms with Gasteiger partial charge in [0.25, 0.3) is 5.56 Å². The van der Waals surface area contributed by atoms with Gasteiger partial charge in [-0.1, -0.05) is 32.5 Å². The van der Waals surface area contributed by atoms with Gasteiger partial charge >= 0.3 is 17.6 Å². The Hall–Kier alpha value is -1.85. The third-order valence-electron chi connectivity index (χ3n) is 5.73. The zero-order valence-electron chi connectivity index (χ0n) is 19.4. The molecule has 9 nitrogen and oxygen atoms in total. The molecule has 3 atom stereocenters. The van der Waals surface area contributed by atoms with Crippen molar-refractivity contribution in [3.8, 4) is 0 Å². The molecular formula is C20H32N2O7SSi. The lowest BCUT2D eigenvalue weighted by Crippen LogP contribution is -2.52. The lowest BCUT2D eigenvalue weighted by atomic mass is 10.1. The average Bonchev–Trinajstić information content (AvgIpc) is 2.92. The number of esters is 2. The van der Waals surface area contributed by atoms with Crippen molar-refractivity contribution < 1.29 is 23.5 Å². The minimum absolute atomic E-state index is 0.120. The standard InChI is InChI=1S/C20H32N2O7SSi/c1-12-10-22(18(26)21-17(12)25)16-9-15(29-31(7,8)19(4,5)6)20(30-16,28-14(3)24)11-27-13(2)23/h10,15-16H,9,11H2,1-8H3,(H,21,25,26)/t15-,16+,20-/m0/s1. The summed E-state index contributed by atoms with van der Waals surface area (Å²) in [7, 11) is -2.32. The SMILES string of the molecule is CC(=O)OC[C@]1(OC(C)=O)S[C@@H](n2cc(C)c(=O)[nH]c2=O)C[C@@H]1O[Si](C)(C)C(C)(C)C. The Labute approximate surface area is 187 Å². The van der Waals surface area contributed by atoms with Crippen molar-refractivity contribution >= 4 is 32.0 Å².